The van der Waals surface area contributed by atoms with Crippen molar-refractivity contribution < 1.29 is 0 Å². The average molecular weight is 288 g/mol. The molecule has 0 aliphatic heterocycles. The minimum absolute atomic E-state index is 0.418. The molecule has 0 spiro atoms. The van der Waals surface area contributed by atoms with Gasteiger partial charge in [-0.25, -0.2) is 0 Å². The van der Waals surface area contributed by atoms with Crippen molar-refractivity contribution in [3.8, 4) is 0 Å². The molecule has 0 radical (unpaired) electrons. The van der Waals surface area contributed by atoms with Crippen LogP contribution in [-0.4, -0.2) is 13.1 Å². The third-order valence-corrected chi connectivity index (χ3v) is 4.44. The van der Waals surface area contributed by atoms with Gasteiger partial charge in [-0.2, -0.15) is 0 Å². The Kier molecular flexibility index (Phi) is 5.62. The highest BCUT2D eigenvalue weighted by Gasteiger charge is 2.08. The van der Waals surface area contributed by atoms with Crippen molar-refractivity contribution >= 4 is 17.0 Å². The summed E-state index contributed by atoms with van der Waals surface area (Å²) in [6, 6.07) is 13.7. The summed E-state index contributed by atoms with van der Waals surface area (Å²) in [6.07, 6.45) is 0. The molecule has 1 heterocycles. The minimum atomic E-state index is 0.418. The van der Waals surface area contributed by atoms with Gasteiger partial charge in [-0.3, -0.25) is 0 Å². The number of benzene rings is 1. The van der Waals surface area contributed by atoms with Crippen molar-refractivity contribution in [2.24, 2.45) is 0 Å². The Morgan fingerprint density at radius 1 is 1.15 bits per heavy atom. The Morgan fingerprint density at radius 2 is 1.90 bits per heavy atom. The molecule has 1 aromatic carbocycles. The van der Waals surface area contributed by atoms with Crippen LogP contribution in [-0.2, 0) is 6.54 Å². The molecular weight excluding hydrogens is 264 g/mol. The summed E-state index contributed by atoms with van der Waals surface area (Å²) >= 11 is 1.82. The number of rotatable bonds is 7. The largest absolute Gasteiger partial charge is 0.367 e. The molecule has 0 aliphatic carbocycles. The molecule has 20 heavy (non-hydrogen) atoms. The van der Waals surface area contributed by atoms with Crippen LogP contribution in [0.25, 0.3) is 0 Å². The first-order valence-electron chi connectivity index (χ1n) is 7.35. The molecule has 1 N–H and O–H groups in total. The number of thiophene rings is 1. The lowest BCUT2D eigenvalue weighted by Crippen LogP contribution is -2.22. The van der Waals surface area contributed by atoms with Crippen LogP contribution < -0.4 is 10.2 Å². The molecular formula is C17H24N2S. The molecule has 1 unspecified atom stereocenters. The molecule has 0 amide bonds. The maximum absolute atomic E-state index is 3.45. The van der Waals surface area contributed by atoms with Gasteiger partial charge in [0.2, 0.25) is 0 Å². The van der Waals surface area contributed by atoms with Crippen LogP contribution in [0.1, 0.15) is 37.3 Å². The summed E-state index contributed by atoms with van der Waals surface area (Å²) in [4.78, 5) is 3.82. The standard InChI is InChI=1S/C17H24N2S/c1-4-18-14(3)15-8-10-16(11-9-15)19(5-2)13-17-7-6-12-20-17/h6-12,14,18H,4-5,13H2,1-3H3. The third-order valence-electron chi connectivity index (χ3n) is 3.58. The highest BCUT2D eigenvalue weighted by Crippen LogP contribution is 2.22. The van der Waals surface area contributed by atoms with Crippen molar-refractivity contribution in [2.45, 2.75) is 33.4 Å². The zero-order valence-electron chi connectivity index (χ0n) is 12.6. The van der Waals surface area contributed by atoms with Gasteiger partial charge in [0.1, 0.15) is 0 Å². The van der Waals surface area contributed by atoms with Gasteiger partial charge in [0.25, 0.3) is 0 Å². The first-order chi connectivity index (χ1) is 9.74. The molecule has 3 heteroatoms. The first kappa shape index (κ1) is 15.1. The quantitative estimate of drug-likeness (QED) is 0.810. The summed E-state index contributed by atoms with van der Waals surface area (Å²) in [7, 11) is 0. The molecule has 2 aromatic rings. The molecule has 0 bridgehead atoms. The first-order valence-corrected chi connectivity index (χ1v) is 8.23. The Balaban J connectivity index is 2.07. The number of nitrogens with zero attached hydrogens (tertiary/aromatic N) is 1. The van der Waals surface area contributed by atoms with E-state index in [9.17, 15) is 0 Å². The lowest BCUT2D eigenvalue weighted by Gasteiger charge is -2.23. The van der Waals surface area contributed by atoms with E-state index in [4.69, 9.17) is 0 Å². The Morgan fingerprint density at radius 3 is 2.45 bits per heavy atom. The summed E-state index contributed by atoms with van der Waals surface area (Å²) in [6.45, 7) is 9.59. The normalized spacial score (nSPS) is 12.3. The highest BCUT2D eigenvalue weighted by atomic mass is 32.1. The number of hydrogen-bond acceptors (Lipinski definition) is 3. The molecule has 1 atom stereocenters. The number of hydrogen-bond donors (Lipinski definition) is 1. The molecule has 0 saturated carbocycles. The third kappa shape index (κ3) is 3.84. The molecule has 2 nitrogen and oxygen atoms in total. The van der Waals surface area contributed by atoms with Gasteiger partial charge in [0.05, 0.1) is 6.54 Å². The predicted octanol–water partition coefficient (Wildman–Crippen LogP) is 4.45. The van der Waals surface area contributed by atoms with Gasteiger partial charge in [-0.15, -0.1) is 11.3 Å². The van der Waals surface area contributed by atoms with E-state index in [2.05, 4.69) is 72.8 Å². The van der Waals surface area contributed by atoms with E-state index in [1.807, 2.05) is 11.3 Å². The van der Waals surface area contributed by atoms with Crippen molar-refractivity contribution in [1.29, 1.82) is 0 Å². The fourth-order valence-electron chi connectivity index (χ4n) is 2.37. The molecule has 0 aliphatic rings. The fourth-order valence-corrected chi connectivity index (χ4v) is 3.09. The molecule has 0 saturated heterocycles. The summed E-state index contributed by atoms with van der Waals surface area (Å²) in [5.41, 5.74) is 2.65. The highest BCUT2D eigenvalue weighted by molar-refractivity contribution is 7.09. The average Bonchev–Trinajstić information content (AvgIpc) is 2.98. The van der Waals surface area contributed by atoms with E-state index < -0.39 is 0 Å². The second kappa shape index (κ2) is 7.46. The van der Waals surface area contributed by atoms with Crippen LogP contribution in [0.2, 0.25) is 0 Å². The van der Waals surface area contributed by atoms with E-state index in [-0.39, 0.29) is 0 Å². The van der Waals surface area contributed by atoms with Crippen LogP contribution in [0.15, 0.2) is 41.8 Å². The van der Waals surface area contributed by atoms with Crippen molar-refractivity contribution in [2.75, 3.05) is 18.0 Å². The molecule has 108 valence electrons. The van der Waals surface area contributed by atoms with E-state index in [1.165, 1.54) is 16.1 Å². The lowest BCUT2D eigenvalue weighted by atomic mass is 10.1. The molecule has 2 rings (SSSR count). The van der Waals surface area contributed by atoms with E-state index in [0.717, 1.165) is 19.6 Å². The van der Waals surface area contributed by atoms with Crippen LogP contribution in [0, 0.1) is 0 Å². The summed E-state index contributed by atoms with van der Waals surface area (Å²) in [5, 5.41) is 5.59. The van der Waals surface area contributed by atoms with Crippen LogP contribution in [0.3, 0.4) is 0 Å². The van der Waals surface area contributed by atoms with Crippen LogP contribution in [0.4, 0.5) is 5.69 Å². The van der Waals surface area contributed by atoms with Gasteiger partial charge in [-0.1, -0.05) is 25.1 Å². The summed E-state index contributed by atoms with van der Waals surface area (Å²) in [5.74, 6) is 0. The number of nitrogens with one attached hydrogen (secondary N) is 1. The Hall–Kier alpha value is -1.32. The van der Waals surface area contributed by atoms with Gasteiger partial charge in [0, 0.05) is 23.2 Å². The molecule has 1 aromatic heterocycles. The SMILES string of the molecule is CCNC(C)c1ccc(N(CC)Cc2cccs2)cc1. The summed E-state index contributed by atoms with van der Waals surface area (Å²) < 4.78 is 0. The molecule has 0 fully saturated rings. The lowest BCUT2D eigenvalue weighted by molar-refractivity contribution is 0.598. The van der Waals surface area contributed by atoms with Crippen LogP contribution in [0.5, 0.6) is 0 Å². The van der Waals surface area contributed by atoms with Crippen molar-refractivity contribution in [1.82, 2.24) is 5.32 Å². The Bertz CT molecular complexity index is 490. The fraction of sp³-hybridized carbons (Fsp3) is 0.412. The second-order valence-electron chi connectivity index (χ2n) is 4.96. The van der Waals surface area contributed by atoms with Gasteiger partial charge in [0.15, 0.2) is 0 Å². The van der Waals surface area contributed by atoms with E-state index in [1.54, 1.807) is 0 Å². The zero-order valence-corrected chi connectivity index (χ0v) is 13.4. The number of anilines is 1. The maximum Gasteiger partial charge on any atom is 0.0522 e. The van der Waals surface area contributed by atoms with Gasteiger partial charge >= 0.3 is 0 Å². The second-order valence-corrected chi connectivity index (χ2v) is 6.00. The van der Waals surface area contributed by atoms with E-state index >= 15 is 0 Å². The topological polar surface area (TPSA) is 15.3 Å². The monoisotopic (exact) mass is 288 g/mol. The van der Waals surface area contributed by atoms with Gasteiger partial charge < -0.3 is 10.2 Å². The minimum Gasteiger partial charge on any atom is -0.367 e. The smallest absolute Gasteiger partial charge is 0.0522 e. The zero-order chi connectivity index (χ0) is 14.4. The van der Waals surface area contributed by atoms with E-state index in [0.29, 0.717) is 6.04 Å². The van der Waals surface area contributed by atoms with Crippen molar-refractivity contribution in [3.63, 3.8) is 0 Å². The Labute approximate surface area is 126 Å². The van der Waals surface area contributed by atoms with Crippen molar-refractivity contribution in [3.05, 3.63) is 52.2 Å². The van der Waals surface area contributed by atoms with Crippen LogP contribution >= 0.6 is 11.3 Å². The van der Waals surface area contributed by atoms with Gasteiger partial charge in [-0.05, 0) is 49.5 Å². The predicted molar refractivity (Wildman–Crippen MR) is 89.6 cm³/mol. The maximum atomic E-state index is 3.45.